The smallest absolute Gasteiger partial charge is 0.240 e. The molecule has 0 aromatic heterocycles. The van der Waals surface area contributed by atoms with Crippen molar-refractivity contribution in [3.8, 4) is 0 Å². The van der Waals surface area contributed by atoms with E-state index in [1.807, 2.05) is 30.0 Å². The van der Waals surface area contributed by atoms with Crippen LogP contribution in [0.25, 0.3) is 0 Å². The van der Waals surface area contributed by atoms with Gasteiger partial charge < -0.3 is 20.2 Å². The Hall–Kier alpha value is -2.49. The molecule has 1 spiro atoms. The van der Waals surface area contributed by atoms with Crippen molar-refractivity contribution in [3.63, 3.8) is 0 Å². The van der Waals surface area contributed by atoms with E-state index in [1.54, 1.807) is 18.7 Å². The summed E-state index contributed by atoms with van der Waals surface area (Å²) in [5.74, 6) is 0.439. The predicted octanol–water partition coefficient (Wildman–Crippen LogP) is 0.982. The van der Waals surface area contributed by atoms with Gasteiger partial charge in [-0.1, -0.05) is 12.1 Å². The molecule has 0 radical (unpaired) electrons. The van der Waals surface area contributed by atoms with Crippen LogP contribution in [0.2, 0.25) is 0 Å². The van der Waals surface area contributed by atoms with Crippen LogP contribution >= 0.6 is 0 Å². The summed E-state index contributed by atoms with van der Waals surface area (Å²) in [5, 5.41) is 12.3. The van der Waals surface area contributed by atoms with Crippen LogP contribution in [0.3, 0.4) is 0 Å². The highest BCUT2D eigenvalue weighted by Gasteiger charge is 2.54. The van der Waals surface area contributed by atoms with E-state index in [1.165, 1.54) is 0 Å². The second-order valence-corrected chi connectivity index (χ2v) is 11.8. The van der Waals surface area contributed by atoms with E-state index in [4.69, 9.17) is 0 Å². The monoisotopic (exact) mass is 497 g/mol. The fourth-order valence-electron chi connectivity index (χ4n) is 6.79. The van der Waals surface area contributed by atoms with Gasteiger partial charge in [0.05, 0.1) is 17.6 Å². The lowest BCUT2D eigenvalue weighted by molar-refractivity contribution is -0.140. The highest BCUT2D eigenvalue weighted by atomic mass is 16.3. The number of fused-ring (bicyclic) bond motifs is 3. The second kappa shape index (κ2) is 9.43. The molecule has 4 N–H and O–H groups in total. The summed E-state index contributed by atoms with van der Waals surface area (Å²) in [4.78, 5) is 43.7. The molecular formula is C27H39N5O4. The summed E-state index contributed by atoms with van der Waals surface area (Å²) in [7, 11) is 0. The average Bonchev–Trinajstić information content (AvgIpc) is 3.41. The van der Waals surface area contributed by atoms with Gasteiger partial charge in [0.1, 0.15) is 6.54 Å². The Morgan fingerprint density at radius 2 is 1.97 bits per heavy atom. The number of likely N-dealkylation sites (tertiary alicyclic amines) is 1. The summed E-state index contributed by atoms with van der Waals surface area (Å²) in [6, 6.07) is 6.33. The summed E-state index contributed by atoms with van der Waals surface area (Å²) in [5.41, 5.74) is 7.92. The van der Waals surface area contributed by atoms with Crippen LogP contribution in [0.4, 0.5) is 5.69 Å². The molecule has 9 heteroatoms. The quantitative estimate of drug-likeness (QED) is 0.482. The molecule has 0 bridgehead atoms. The minimum atomic E-state index is -0.761. The third-order valence-electron chi connectivity index (χ3n) is 8.76. The number of nitrogens with one attached hydrogen (secondary N) is 3. The maximum atomic E-state index is 13.9. The van der Waals surface area contributed by atoms with Crippen LogP contribution in [-0.2, 0) is 19.8 Å². The van der Waals surface area contributed by atoms with E-state index in [2.05, 4.69) is 16.2 Å². The molecule has 4 aliphatic rings. The number of benzene rings is 1. The molecule has 3 atom stereocenters. The first-order valence-electron chi connectivity index (χ1n) is 13.3. The number of aliphatic hydroxyl groups is 1. The molecule has 3 fully saturated rings. The Balaban J connectivity index is 1.31. The van der Waals surface area contributed by atoms with E-state index in [-0.39, 0.29) is 36.8 Å². The first kappa shape index (κ1) is 25.2. The minimum Gasteiger partial charge on any atom is -0.394 e. The molecule has 196 valence electrons. The van der Waals surface area contributed by atoms with Crippen LogP contribution in [0.1, 0.15) is 57.1 Å². The Kier molecular flexibility index (Phi) is 6.59. The van der Waals surface area contributed by atoms with Crippen molar-refractivity contribution in [2.75, 3.05) is 37.7 Å². The van der Waals surface area contributed by atoms with Crippen molar-refractivity contribution in [3.05, 3.63) is 29.3 Å². The van der Waals surface area contributed by atoms with E-state index in [9.17, 15) is 19.5 Å². The second-order valence-electron chi connectivity index (χ2n) is 11.8. The van der Waals surface area contributed by atoms with Gasteiger partial charge in [-0.05, 0) is 76.0 Å². The Labute approximate surface area is 212 Å². The normalized spacial score (nSPS) is 27.2. The molecule has 1 aromatic rings. The number of aliphatic hydroxyl groups excluding tert-OH is 1. The Morgan fingerprint density at radius 1 is 1.22 bits per heavy atom. The molecule has 3 aliphatic heterocycles. The maximum absolute atomic E-state index is 13.9. The molecule has 3 unspecified atom stereocenters. The number of aryl methyl sites for hydroxylation is 1. The van der Waals surface area contributed by atoms with E-state index < -0.39 is 11.0 Å². The van der Waals surface area contributed by atoms with Gasteiger partial charge in [-0.3, -0.25) is 25.2 Å². The molecule has 36 heavy (non-hydrogen) atoms. The molecule has 3 amide bonds. The Bertz CT molecular complexity index is 1050. The van der Waals surface area contributed by atoms with Gasteiger partial charge in [0.2, 0.25) is 17.7 Å². The summed E-state index contributed by atoms with van der Waals surface area (Å²) >= 11 is 0. The lowest BCUT2D eigenvalue weighted by Crippen LogP contribution is -2.54. The van der Waals surface area contributed by atoms with Gasteiger partial charge in [0, 0.05) is 37.3 Å². The van der Waals surface area contributed by atoms with Gasteiger partial charge in [-0.2, -0.15) is 0 Å². The first-order valence-corrected chi connectivity index (χ1v) is 13.3. The van der Waals surface area contributed by atoms with Crippen molar-refractivity contribution in [2.24, 2.45) is 11.8 Å². The van der Waals surface area contributed by atoms with Crippen LogP contribution < -0.4 is 21.1 Å². The van der Waals surface area contributed by atoms with Gasteiger partial charge in [-0.25, -0.2) is 0 Å². The molecule has 1 aliphatic carbocycles. The van der Waals surface area contributed by atoms with Crippen molar-refractivity contribution in [2.45, 2.75) is 69.9 Å². The van der Waals surface area contributed by atoms with Gasteiger partial charge in [0.15, 0.2) is 0 Å². The number of rotatable bonds is 5. The average molecular weight is 498 g/mol. The minimum absolute atomic E-state index is 0.0560. The van der Waals surface area contributed by atoms with E-state index in [0.29, 0.717) is 37.9 Å². The summed E-state index contributed by atoms with van der Waals surface area (Å²) in [6.45, 7) is 7.26. The van der Waals surface area contributed by atoms with E-state index >= 15 is 0 Å². The van der Waals surface area contributed by atoms with Gasteiger partial charge in [-0.15, -0.1) is 0 Å². The zero-order chi connectivity index (χ0) is 25.7. The van der Waals surface area contributed by atoms with Crippen LogP contribution in [0.5, 0.6) is 0 Å². The summed E-state index contributed by atoms with van der Waals surface area (Å²) in [6.07, 6.45) is 3.97. The highest BCUT2D eigenvalue weighted by Crippen LogP contribution is 2.49. The van der Waals surface area contributed by atoms with Crippen molar-refractivity contribution in [1.29, 1.82) is 0 Å². The third-order valence-corrected chi connectivity index (χ3v) is 8.76. The Morgan fingerprint density at radius 3 is 2.69 bits per heavy atom. The third kappa shape index (κ3) is 4.31. The summed E-state index contributed by atoms with van der Waals surface area (Å²) < 4.78 is 0. The van der Waals surface area contributed by atoms with Crippen LogP contribution in [0, 0.1) is 18.8 Å². The number of amides is 3. The zero-order valence-corrected chi connectivity index (χ0v) is 21.6. The van der Waals surface area contributed by atoms with Gasteiger partial charge >= 0.3 is 0 Å². The number of piperidine rings is 1. The fraction of sp³-hybridized carbons (Fsp3) is 0.667. The number of hydrogen-bond acceptors (Lipinski definition) is 6. The lowest BCUT2D eigenvalue weighted by atomic mass is 9.71. The molecule has 3 heterocycles. The number of nitrogens with zero attached hydrogens (tertiary/aromatic N) is 2. The number of hydrazine groups is 1. The number of hydrogen-bond donors (Lipinski definition) is 4. The van der Waals surface area contributed by atoms with Crippen LogP contribution in [0.15, 0.2) is 18.2 Å². The standard InChI is InChI=1S/C27H39N5O4/c1-17-5-4-6-21-23(17)27(25(36)32(21)15-22(34)29-26(2,3)16-33)9-11-31(12-10-27)24(35)18-7-8-20-19(13-18)14-28-30-20/h4-6,18-20,28,30,33H,7-16H2,1-3H3,(H,29,34). The molecular weight excluding hydrogens is 458 g/mol. The molecule has 9 nitrogen and oxygen atoms in total. The molecule has 5 rings (SSSR count). The topological polar surface area (TPSA) is 114 Å². The SMILES string of the molecule is Cc1cccc2c1C1(CCN(C(=O)C3CCC4NNCC4C3)CC1)C(=O)N2CC(=O)NC(C)(C)CO. The zero-order valence-electron chi connectivity index (χ0n) is 21.6. The number of carbonyl (C=O) groups excluding carboxylic acids is 3. The largest absolute Gasteiger partial charge is 0.394 e. The number of carbonyl (C=O) groups is 3. The first-order chi connectivity index (χ1) is 17.1. The van der Waals surface area contributed by atoms with Gasteiger partial charge in [0.25, 0.3) is 0 Å². The van der Waals surface area contributed by atoms with Crippen molar-refractivity contribution >= 4 is 23.4 Å². The highest BCUT2D eigenvalue weighted by molar-refractivity contribution is 6.11. The lowest BCUT2D eigenvalue weighted by Gasteiger charge is -2.41. The number of anilines is 1. The van der Waals surface area contributed by atoms with Crippen LogP contribution in [-0.4, -0.2) is 72.1 Å². The predicted molar refractivity (Wildman–Crippen MR) is 136 cm³/mol. The molecule has 1 aromatic carbocycles. The van der Waals surface area contributed by atoms with E-state index in [0.717, 1.165) is 42.6 Å². The molecule has 2 saturated heterocycles. The maximum Gasteiger partial charge on any atom is 0.240 e. The van der Waals surface area contributed by atoms with Crippen molar-refractivity contribution in [1.82, 2.24) is 21.1 Å². The van der Waals surface area contributed by atoms with Crippen molar-refractivity contribution < 1.29 is 19.5 Å². The molecule has 1 saturated carbocycles. The fourth-order valence-corrected chi connectivity index (χ4v) is 6.79.